The highest BCUT2D eigenvalue weighted by atomic mass is 16.3. The molecule has 1 aromatic heterocycles. The summed E-state index contributed by atoms with van der Waals surface area (Å²) in [5, 5.41) is 3.58. The van der Waals surface area contributed by atoms with Crippen molar-refractivity contribution in [2.45, 2.75) is 44.7 Å². The molecule has 20 heavy (non-hydrogen) atoms. The van der Waals surface area contributed by atoms with Gasteiger partial charge in [-0.25, -0.2) is 4.98 Å². The maximum absolute atomic E-state index is 12.7. The molecule has 2 saturated heterocycles. The maximum atomic E-state index is 12.7. The number of aromatic nitrogens is 1. The lowest BCUT2D eigenvalue weighted by Crippen LogP contribution is -2.40. The van der Waals surface area contributed by atoms with Crippen LogP contribution in [0.2, 0.25) is 0 Å². The molecule has 2 fully saturated rings. The fraction of sp³-hybridized carbons (Fsp3) is 0.500. The molecule has 2 aliphatic heterocycles. The number of piperidine rings is 1. The van der Waals surface area contributed by atoms with Gasteiger partial charge in [0.1, 0.15) is 5.52 Å². The number of carbonyl (C=O) groups is 1. The number of carbonyl (C=O) groups excluding carboxylic acids is 1. The Kier molecular flexibility index (Phi) is 2.67. The van der Waals surface area contributed by atoms with E-state index in [9.17, 15) is 4.79 Å². The summed E-state index contributed by atoms with van der Waals surface area (Å²) < 4.78 is 5.52. The number of fused-ring (bicyclic) bond motifs is 3. The van der Waals surface area contributed by atoms with Crippen molar-refractivity contribution in [3.63, 3.8) is 0 Å². The first-order valence-corrected chi connectivity index (χ1v) is 7.36. The molecule has 4 heteroatoms. The minimum atomic E-state index is 0.162. The van der Waals surface area contributed by atoms with Gasteiger partial charge in [-0.1, -0.05) is 0 Å². The van der Waals surface area contributed by atoms with Gasteiger partial charge in [-0.05, 0) is 43.9 Å². The predicted octanol–water partition coefficient (Wildman–Crippen LogP) is 2.85. The van der Waals surface area contributed by atoms with Gasteiger partial charge in [0.05, 0.1) is 0 Å². The molecule has 2 atom stereocenters. The fourth-order valence-electron chi connectivity index (χ4n) is 3.70. The summed E-state index contributed by atoms with van der Waals surface area (Å²) in [4.78, 5) is 17.0. The van der Waals surface area contributed by atoms with Crippen LogP contribution in [0.15, 0.2) is 22.6 Å². The summed E-state index contributed by atoms with van der Waals surface area (Å²) in [6.07, 6.45) is 4.38. The molecular formula is C16H18N2O2. The van der Waals surface area contributed by atoms with Gasteiger partial charge in [-0.3, -0.25) is 4.79 Å². The third kappa shape index (κ3) is 1.95. The van der Waals surface area contributed by atoms with Crippen molar-refractivity contribution in [3.05, 3.63) is 29.7 Å². The Balaban J connectivity index is 1.63. The molecule has 0 radical (unpaired) electrons. The van der Waals surface area contributed by atoms with Crippen molar-refractivity contribution in [2.75, 3.05) is 0 Å². The number of hydrogen-bond acceptors (Lipinski definition) is 4. The SMILES string of the molecule is Cc1nc2ccc(C(=O)C3CC4CCC(C3)N4)cc2o1. The van der Waals surface area contributed by atoms with Crippen LogP contribution in [0.5, 0.6) is 0 Å². The molecule has 0 saturated carbocycles. The first-order chi connectivity index (χ1) is 9.69. The number of nitrogens with zero attached hydrogens (tertiary/aromatic N) is 1. The summed E-state index contributed by atoms with van der Waals surface area (Å²) >= 11 is 0. The highest BCUT2D eigenvalue weighted by Crippen LogP contribution is 2.33. The van der Waals surface area contributed by atoms with E-state index in [2.05, 4.69) is 10.3 Å². The van der Waals surface area contributed by atoms with Crippen molar-refractivity contribution >= 4 is 16.9 Å². The number of oxazole rings is 1. The van der Waals surface area contributed by atoms with E-state index in [1.165, 1.54) is 12.8 Å². The largest absolute Gasteiger partial charge is 0.441 e. The maximum Gasteiger partial charge on any atom is 0.192 e. The third-order valence-corrected chi connectivity index (χ3v) is 4.62. The van der Waals surface area contributed by atoms with Crippen LogP contribution < -0.4 is 5.32 Å². The number of hydrogen-bond donors (Lipinski definition) is 1. The van der Waals surface area contributed by atoms with Gasteiger partial charge in [-0.2, -0.15) is 0 Å². The molecule has 1 N–H and O–H groups in total. The molecule has 1 aromatic carbocycles. The molecule has 2 bridgehead atoms. The lowest BCUT2D eigenvalue weighted by Gasteiger charge is -2.28. The summed E-state index contributed by atoms with van der Waals surface area (Å²) in [5.41, 5.74) is 2.30. The smallest absolute Gasteiger partial charge is 0.192 e. The van der Waals surface area contributed by atoms with E-state index in [4.69, 9.17) is 4.42 Å². The summed E-state index contributed by atoms with van der Waals surface area (Å²) in [7, 11) is 0. The number of ketones is 1. The fourth-order valence-corrected chi connectivity index (χ4v) is 3.70. The highest BCUT2D eigenvalue weighted by molar-refractivity contribution is 6.00. The van der Waals surface area contributed by atoms with Gasteiger partial charge in [0, 0.05) is 30.5 Å². The molecule has 0 amide bonds. The summed E-state index contributed by atoms with van der Waals surface area (Å²) in [6.45, 7) is 1.83. The highest BCUT2D eigenvalue weighted by Gasteiger charge is 2.36. The Bertz CT molecular complexity index is 664. The molecule has 104 valence electrons. The average molecular weight is 270 g/mol. The topological polar surface area (TPSA) is 55.1 Å². The summed E-state index contributed by atoms with van der Waals surface area (Å²) in [6, 6.07) is 6.70. The molecule has 3 heterocycles. The van der Waals surface area contributed by atoms with Gasteiger partial charge < -0.3 is 9.73 Å². The Morgan fingerprint density at radius 3 is 2.80 bits per heavy atom. The van der Waals surface area contributed by atoms with Crippen LogP contribution in [0.4, 0.5) is 0 Å². The number of benzene rings is 1. The molecule has 2 aromatic rings. The zero-order valence-corrected chi connectivity index (χ0v) is 11.6. The van der Waals surface area contributed by atoms with Gasteiger partial charge in [0.2, 0.25) is 0 Å². The first kappa shape index (κ1) is 12.1. The van der Waals surface area contributed by atoms with Gasteiger partial charge in [-0.15, -0.1) is 0 Å². The van der Waals surface area contributed by atoms with Crippen molar-refractivity contribution in [3.8, 4) is 0 Å². The van der Waals surface area contributed by atoms with Crippen LogP contribution in [0.1, 0.15) is 41.9 Å². The standard InChI is InChI=1S/C16H18N2O2/c1-9-17-14-5-2-10(8-15(14)20-9)16(19)11-6-12-3-4-13(7-11)18-12/h2,5,8,11-13,18H,3-4,6-7H2,1H3. The van der Waals surface area contributed by atoms with Crippen LogP contribution in [-0.2, 0) is 0 Å². The van der Waals surface area contributed by atoms with Crippen LogP contribution in [0.3, 0.4) is 0 Å². The van der Waals surface area contributed by atoms with Crippen LogP contribution >= 0.6 is 0 Å². The monoisotopic (exact) mass is 270 g/mol. The molecular weight excluding hydrogens is 252 g/mol. The molecule has 2 aliphatic rings. The van der Waals surface area contributed by atoms with E-state index in [0.717, 1.165) is 23.9 Å². The lowest BCUT2D eigenvalue weighted by molar-refractivity contribution is 0.0875. The van der Waals surface area contributed by atoms with Crippen molar-refractivity contribution in [1.82, 2.24) is 10.3 Å². The van der Waals surface area contributed by atoms with E-state index in [-0.39, 0.29) is 11.7 Å². The molecule has 4 rings (SSSR count). The Morgan fingerprint density at radius 2 is 2.05 bits per heavy atom. The Labute approximate surface area is 117 Å². The molecule has 0 spiro atoms. The minimum absolute atomic E-state index is 0.162. The van der Waals surface area contributed by atoms with E-state index in [1.807, 2.05) is 25.1 Å². The van der Waals surface area contributed by atoms with Crippen LogP contribution in [0.25, 0.3) is 11.1 Å². The quantitative estimate of drug-likeness (QED) is 0.853. The average Bonchev–Trinajstić information content (AvgIpc) is 2.98. The Morgan fingerprint density at radius 1 is 1.30 bits per heavy atom. The second-order valence-electron chi connectivity index (χ2n) is 6.09. The second kappa shape index (κ2) is 4.42. The van der Waals surface area contributed by atoms with Gasteiger partial charge in [0.25, 0.3) is 0 Å². The third-order valence-electron chi connectivity index (χ3n) is 4.62. The van der Waals surface area contributed by atoms with Crippen molar-refractivity contribution < 1.29 is 9.21 Å². The van der Waals surface area contributed by atoms with E-state index in [0.29, 0.717) is 23.6 Å². The zero-order valence-electron chi connectivity index (χ0n) is 11.6. The van der Waals surface area contributed by atoms with E-state index >= 15 is 0 Å². The zero-order chi connectivity index (χ0) is 13.7. The minimum Gasteiger partial charge on any atom is -0.441 e. The van der Waals surface area contributed by atoms with Crippen molar-refractivity contribution in [1.29, 1.82) is 0 Å². The van der Waals surface area contributed by atoms with Gasteiger partial charge in [0.15, 0.2) is 17.3 Å². The van der Waals surface area contributed by atoms with Crippen LogP contribution in [-0.4, -0.2) is 22.9 Å². The Hall–Kier alpha value is -1.68. The molecule has 2 unspecified atom stereocenters. The molecule has 4 nitrogen and oxygen atoms in total. The van der Waals surface area contributed by atoms with E-state index in [1.54, 1.807) is 0 Å². The lowest BCUT2D eigenvalue weighted by atomic mass is 9.86. The predicted molar refractivity (Wildman–Crippen MR) is 75.7 cm³/mol. The van der Waals surface area contributed by atoms with E-state index < -0.39 is 0 Å². The first-order valence-electron chi connectivity index (χ1n) is 7.36. The van der Waals surface area contributed by atoms with Crippen LogP contribution in [0, 0.1) is 12.8 Å². The second-order valence-corrected chi connectivity index (χ2v) is 6.09. The number of Topliss-reactive ketones (excluding diaryl/α,β-unsaturated/α-hetero) is 1. The number of rotatable bonds is 2. The number of nitrogens with one attached hydrogen (secondary N) is 1. The normalized spacial score (nSPS) is 28.9. The van der Waals surface area contributed by atoms with Crippen molar-refractivity contribution in [2.24, 2.45) is 5.92 Å². The molecule has 0 aliphatic carbocycles. The van der Waals surface area contributed by atoms with Gasteiger partial charge >= 0.3 is 0 Å². The summed E-state index contributed by atoms with van der Waals surface area (Å²) in [5.74, 6) is 1.07. The number of aryl methyl sites for hydroxylation is 1.